The van der Waals surface area contributed by atoms with Gasteiger partial charge in [0.2, 0.25) is 0 Å². The Bertz CT molecular complexity index is 429. The van der Waals surface area contributed by atoms with Crippen molar-refractivity contribution in [2.45, 2.75) is 30.1 Å². The monoisotopic (exact) mass is 237 g/mol. The zero-order valence-corrected chi connectivity index (χ0v) is 10.3. The predicted octanol–water partition coefficient (Wildman–Crippen LogP) is 2.44. The summed E-state index contributed by atoms with van der Waals surface area (Å²) in [7, 11) is 0. The van der Waals surface area contributed by atoms with E-state index >= 15 is 0 Å². The summed E-state index contributed by atoms with van der Waals surface area (Å²) in [5, 5.41) is 0. The summed E-state index contributed by atoms with van der Waals surface area (Å²) in [4.78, 5) is 12.6. The number of nitrogens with two attached hydrogens (primary N) is 1. The number of carbonyl (C=O) groups is 1. The van der Waals surface area contributed by atoms with Gasteiger partial charge >= 0.3 is 0 Å². The lowest BCUT2D eigenvalue weighted by molar-refractivity contribution is 0.0978. The van der Waals surface area contributed by atoms with E-state index in [2.05, 4.69) is 0 Å². The number of hydrogen-bond acceptors (Lipinski definition) is 4. The third-order valence-corrected chi connectivity index (χ3v) is 3.47. The van der Waals surface area contributed by atoms with Crippen molar-refractivity contribution in [3.05, 3.63) is 23.8 Å². The summed E-state index contributed by atoms with van der Waals surface area (Å²) in [5.74, 6) is 0.772. The van der Waals surface area contributed by atoms with Gasteiger partial charge in [0, 0.05) is 6.42 Å². The number of fused-ring (bicyclic) bond motifs is 1. The Morgan fingerprint density at radius 3 is 2.94 bits per heavy atom. The first-order valence-corrected chi connectivity index (χ1v) is 6.09. The highest BCUT2D eigenvalue weighted by atomic mass is 32.2. The Hall–Kier alpha value is -1.00. The summed E-state index contributed by atoms with van der Waals surface area (Å²) in [6.07, 6.45) is 0.366. The third-order valence-electron chi connectivity index (χ3n) is 2.35. The van der Waals surface area contributed by atoms with E-state index in [0.717, 1.165) is 10.6 Å². The van der Waals surface area contributed by atoms with Crippen molar-refractivity contribution in [2.24, 2.45) is 5.73 Å². The SMILES string of the molecule is CC1(C)Oc2c(cccc2C(=O)CCN)S1. The van der Waals surface area contributed by atoms with E-state index in [4.69, 9.17) is 10.5 Å². The van der Waals surface area contributed by atoms with Crippen LogP contribution in [0.5, 0.6) is 5.75 Å². The third kappa shape index (κ3) is 2.08. The van der Waals surface area contributed by atoms with Gasteiger partial charge in [0.15, 0.2) is 10.7 Å². The molecule has 1 aliphatic rings. The second-order valence-electron chi connectivity index (χ2n) is 4.20. The lowest BCUT2D eigenvalue weighted by Gasteiger charge is -2.16. The highest BCUT2D eigenvalue weighted by Crippen LogP contribution is 2.48. The molecule has 0 fully saturated rings. The molecular formula is C12H15NO2S. The van der Waals surface area contributed by atoms with E-state index in [1.807, 2.05) is 26.0 Å². The summed E-state index contributed by atoms with van der Waals surface area (Å²) in [6, 6.07) is 5.67. The Morgan fingerprint density at radius 2 is 2.25 bits per heavy atom. The molecule has 1 aromatic rings. The van der Waals surface area contributed by atoms with E-state index in [1.165, 1.54) is 0 Å². The average Bonchev–Trinajstić information content (AvgIpc) is 2.51. The van der Waals surface area contributed by atoms with Gasteiger partial charge in [-0.25, -0.2) is 0 Å². The van der Waals surface area contributed by atoms with E-state index in [0.29, 0.717) is 18.5 Å². The van der Waals surface area contributed by atoms with Gasteiger partial charge in [-0.1, -0.05) is 17.8 Å². The number of thioether (sulfide) groups is 1. The van der Waals surface area contributed by atoms with Gasteiger partial charge in [0.25, 0.3) is 0 Å². The van der Waals surface area contributed by atoms with Crippen molar-refractivity contribution in [3.63, 3.8) is 0 Å². The second kappa shape index (κ2) is 4.11. The van der Waals surface area contributed by atoms with Crippen LogP contribution in [-0.4, -0.2) is 17.3 Å². The fourth-order valence-corrected chi connectivity index (χ4v) is 2.76. The summed E-state index contributed by atoms with van der Waals surface area (Å²) in [6.45, 7) is 4.36. The molecule has 0 saturated carbocycles. The Labute approximate surface area is 99.4 Å². The first kappa shape index (κ1) is 11.5. The van der Waals surface area contributed by atoms with Gasteiger partial charge in [-0.15, -0.1) is 0 Å². The molecule has 0 atom stereocenters. The molecule has 0 unspecified atom stereocenters. The largest absolute Gasteiger partial charge is 0.475 e. The molecule has 0 saturated heterocycles. The minimum atomic E-state index is -0.290. The van der Waals surface area contributed by atoms with Crippen LogP contribution in [0.3, 0.4) is 0 Å². The van der Waals surface area contributed by atoms with Crippen LogP contribution in [0.4, 0.5) is 0 Å². The molecule has 0 radical (unpaired) electrons. The quantitative estimate of drug-likeness (QED) is 0.820. The normalized spacial score (nSPS) is 16.7. The number of ether oxygens (including phenoxy) is 1. The summed E-state index contributed by atoms with van der Waals surface area (Å²) < 4.78 is 5.79. The Balaban J connectivity index is 2.37. The van der Waals surface area contributed by atoms with E-state index in [-0.39, 0.29) is 10.7 Å². The minimum absolute atomic E-state index is 0.0534. The molecule has 0 amide bonds. The van der Waals surface area contributed by atoms with Gasteiger partial charge < -0.3 is 10.5 Å². The smallest absolute Gasteiger partial charge is 0.167 e. The van der Waals surface area contributed by atoms with Crippen LogP contribution in [0.1, 0.15) is 30.6 Å². The molecule has 0 bridgehead atoms. The lowest BCUT2D eigenvalue weighted by Crippen LogP contribution is -2.19. The zero-order valence-electron chi connectivity index (χ0n) is 9.45. The molecular weight excluding hydrogens is 222 g/mol. The molecule has 3 nitrogen and oxygen atoms in total. The van der Waals surface area contributed by atoms with Crippen molar-refractivity contribution < 1.29 is 9.53 Å². The topological polar surface area (TPSA) is 52.3 Å². The Kier molecular flexibility index (Phi) is 2.95. The van der Waals surface area contributed by atoms with E-state index in [1.54, 1.807) is 17.8 Å². The molecule has 1 aromatic carbocycles. The fraction of sp³-hybridized carbons (Fsp3) is 0.417. The zero-order chi connectivity index (χ0) is 11.8. The molecule has 0 spiro atoms. The molecule has 0 aromatic heterocycles. The number of para-hydroxylation sites is 1. The van der Waals surface area contributed by atoms with Crippen LogP contribution in [0.25, 0.3) is 0 Å². The maximum atomic E-state index is 11.8. The number of Topliss-reactive ketones (excluding diaryl/α,β-unsaturated/α-hetero) is 1. The van der Waals surface area contributed by atoms with Crippen molar-refractivity contribution in [3.8, 4) is 5.75 Å². The van der Waals surface area contributed by atoms with Gasteiger partial charge in [-0.2, -0.15) is 0 Å². The van der Waals surface area contributed by atoms with Crippen LogP contribution in [0, 0.1) is 0 Å². The van der Waals surface area contributed by atoms with Gasteiger partial charge in [-0.3, -0.25) is 4.79 Å². The van der Waals surface area contributed by atoms with Gasteiger partial charge in [-0.05, 0) is 32.5 Å². The van der Waals surface area contributed by atoms with E-state index < -0.39 is 0 Å². The van der Waals surface area contributed by atoms with Crippen molar-refractivity contribution >= 4 is 17.5 Å². The first-order valence-electron chi connectivity index (χ1n) is 5.28. The molecule has 0 aliphatic carbocycles. The van der Waals surface area contributed by atoms with Crippen LogP contribution < -0.4 is 10.5 Å². The number of hydrogen-bond donors (Lipinski definition) is 1. The molecule has 2 rings (SSSR count). The number of ketones is 1. The molecule has 4 heteroatoms. The summed E-state index contributed by atoms with van der Waals surface area (Å²) >= 11 is 1.64. The highest BCUT2D eigenvalue weighted by Gasteiger charge is 2.33. The molecule has 2 N–H and O–H groups in total. The standard InChI is InChI=1S/C12H15NO2S/c1-12(2)15-11-8(9(14)6-7-13)4-3-5-10(11)16-12/h3-5H,6-7,13H2,1-2H3. The Morgan fingerprint density at radius 1 is 1.50 bits per heavy atom. The number of rotatable bonds is 3. The van der Waals surface area contributed by atoms with Crippen LogP contribution in [0.2, 0.25) is 0 Å². The maximum Gasteiger partial charge on any atom is 0.167 e. The minimum Gasteiger partial charge on any atom is -0.475 e. The lowest BCUT2D eigenvalue weighted by atomic mass is 10.1. The van der Waals surface area contributed by atoms with Crippen molar-refractivity contribution in [1.29, 1.82) is 0 Å². The van der Waals surface area contributed by atoms with E-state index in [9.17, 15) is 4.79 Å². The van der Waals surface area contributed by atoms with Crippen molar-refractivity contribution in [2.75, 3.05) is 6.54 Å². The van der Waals surface area contributed by atoms with Gasteiger partial charge in [0.1, 0.15) is 5.75 Å². The van der Waals surface area contributed by atoms with Crippen molar-refractivity contribution in [1.82, 2.24) is 0 Å². The van der Waals surface area contributed by atoms with Crippen LogP contribution in [-0.2, 0) is 0 Å². The van der Waals surface area contributed by atoms with Gasteiger partial charge in [0.05, 0.1) is 10.5 Å². The second-order valence-corrected chi connectivity index (χ2v) is 5.83. The molecule has 86 valence electrons. The highest BCUT2D eigenvalue weighted by molar-refractivity contribution is 8.00. The first-order chi connectivity index (χ1) is 7.53. The van der Waals surface area contributed by atoms with Crippen LogP contribution in [0.15, 0.2) is 23.1 Å². The van der Waals surface area contributed by atoms with Crippen LogP contribution >= 0.6 is 11.8 Å². The fourth-order valence-electron chi connectivity index (χ4n) is 1.72. The molecule has 1 aliphatic heterocycles. The molecule has 16 heavy (non-hydrogen) atoms. The predicted molar refractivity (Wildman–Crippen MR) is 65.0 cm³/mol. The maximum absolute atomic E-state index is 11.8. The summed E-state index contributed by atoms with van der Waals surface area (Å²) in [5.41, 5.74) is 6.05. The average molecular weight is 237 g/mol. The molecule has 1 heterocycles. The number of carbonyl (C=O) groups excluding carboxylic acids is 1. The number of benzene rings is 1.